The molecule has 21 heavy (non-hydrogen) atoms. The van der Waals surface area contributed by atoms with Crippen LogP contribution in [-0.4, -0.2) is 15.5 Å². The summed E-state index contributed by atoms with van der Waals surface area (Å²) in [5.74, 6) is 6.01. The molecule has 6 nitrogen and oxygen atoms in total. The van der Waals surface area contributed by atoms with E-state index in [0.29, 0.717) is 22.7 Å². The SMILES string of the molecule is Cn1ccnc1SCc1oc2ccccc2c1C(=O)NN. The minimum absolute atomic E-state index is 0.351. The topological polar surface area (TPSA) is 86.1 Å². The van der Waals surface area contributed by atoms with Crippen LogP contribution in [0.4, 0.5) is 0 Å². The smallest absolute Gasteiger partial charge is 0.269 e. The highest BCUT2D eigenvalue weighted by Gasteiger charge is 2.20. The minimum atomic E-state index is -0.351. The number of imidazole rings is 1. The Morgan fingerprint density at radius 2 is 2.29 bits per heavy atom. The van der Waals surface area contributed by atoms with E-state index in [1.165, 1.54) is 11.8 Å². The molecule has 0 unspecified atom stereocenters. The summed E-state index contributed by atoms with van der Waals surface area (Å²) in [5.41, 5.74) is 3.33. The predicted octanol–water partition coefficient (Wildman–Crippen LogP) is 2.06. The van der Waals surface area contributed by atoms with Crippen molar-refractivity contribution < 1.29 is 9.21 Å². The first-order chi connectivity index (χ1) is 10.2. The Kier molecular flexibility index (Phi) is 3.68. The first-order valence-electron chi connectivity index (χ1n) is 6.32. The van der Waals surface area contributed by atoms with Gasteiger partial charge in [0.1, 0.15) is 11.3 Å². The van der Waals surface area contributed by atoms with Gasteiger partial charge in [-0.2, -0.15) is 0 Å². The van der Waals surface area contributed by atoms with Crippen LogP contribution in [0.3, 0.4) is 0 Å². The number of aryl methyl sites for hydroxylation is 1. The highest BCUT2D eigenvalue weighted by molar-refractivity contribution is 7.98. The normalized spacial score (nSPS) is 11.0. The summed E-state index contributed by atoms with van der Waals surface area (Å²) in [7, 11) is 1.92. The molecule has 0 fully saturated rings. The van der Waals surface area contributed by atoms with Gasteiger partial charge < -0.3 is 8.98 Å². The summed E-state index contributed by atoms with van der Waals surface area (Å²) in [6.07, 6.45) is 3.60. The number of benzene rings is 1. The fourth-order valence-corrected chi connectivity index (χ4v) is 3.00. The standard InChI is InChI=1S/C14H14N4O2S/c1-18-7-6-16-14(18)21-8-11-12(13(19)17-15)9-4-2-3-5-10(9)20-11/h2-7H,8,15H2,1H3,(H,17,19). The van der Waals surface area contributed by atoms with Crippen molar-refractivity contribution in [2.75, 3.05) is 0 Å². The van der Waals surface area contributed by atoms with Crippen LogP contribution >= 0.6 is 11.8 Å². The van der Waals surface area contributed by atoms with Crippen molar-refractivity contribution >= 4 is 28.6 Å². The largest absolute Gasteiger partial charge is 0.459 e. The third kappa shape index (κ3) is 2.53. The van der Waals surface area contributed by atoms with E-state index in [-0.39, 0.29) is 5.91 Å². The average molecular weight is 302 g/mol. The van der Waals surface area contributed by atoms with Crippen molar-refractivity contribution in [1.82, 2.24) is 15.0 Å². The number of hydrazine groups is 1. The number of nitrogens with one attached hydrogen (secondary N) is 1. The predicted molar refractivity (Wildman–Crippen MR) is 80.6 cm³/mol. The van der Waals surface area contributed by atoms with Gasteiger partial charge >= 0.3 is 0 Å². The molecule has 2 aromatic heterocycles. The molecular formula is C14H14N4O2S. The molecule has 3 rings (SSSR count). The molecule has 2 heterocycles. The zero-order valence-electron chi connectivity index (χ0n) is 11.4. The lowest BCUT2D eigenvalue weighted by Crippen LogP contribution is -2.30. The van der Waals surface area contributed by atoms with Crippen LogP contribution in [-0.2, 0) is 12.8 Å². The van der Waals surface area contributed by atoms with Gasteiger partial charge in [0.05, 0.1) is 11.3 Å². The van der Waals surface area contributed by atoms with E-state index in [1.54, 1.807) is 6.20 Å². The average Bonchev–Trinajstić information content (AvgIpc) is 3.07. The molecule has 3 N–H and O–H groups in total. The first kappa shape index (κ1) is 13.7. The minimum Gasteiger partial charge on any atom is -0.459 e. The van der Waals surface area contributed by atoms with Crippen LogP contribution in [0.5, 0.6) is 0 Å². The van der Waals surface area contributed by atoms with Gasteiger partial charge in [-0.15, -0.1) is 0 Å². The Morgan fingerprint density at radius 3 is 3.00 bits per heavy atom. The zero-order valence-corrected chi connectivity index (χ0v) is 12.2. The van der Waals surface area contributed by atoms with Crippen molar-refractivity contribution in [3.63, 3.8) is 0 Å². The summed E-state index contributed by atoms with van der Waals surface area (Å²) in [4.78, 5) is 16.2. The maximum atomic E-state index is 12.0. The highest BCUT2D eigenvalue weighted by atomic mass is 32.2. The lowest BCUT2D eigenvalue weighted by Gasteiger charge is -2.02. The van der Waals surface area contributed by atoms with E-state index in [0.717, 1.165) is 10.5 Å². The lowest BCUT2D eigenvalue weighted by atomic mass is 10.1. The number of furan rings is 1. The van der Waals surface area contributed by atoms with E-state index in [2.05, 4.69) is 10.4 Å². The number of carbonyl (C=O) groups is 1. The third-order valence-electron chi connectivity index (χ3n) is 3.14. The molecular weight excluding hydrogens is 288 g/mol. The van der Waals surface area contributed by atoms with Gasteiger partial charge in [0, 0.05) is 24.8 Å². The van der Waals surface area contributed by atoms with Crippen molar-refractivity contribution in [1.29, 1.82) is 0 Å². The van der Waals surface area contributed by atoms with E-state index < -0.39 is 0 Å². The van der Waals surface area contributed by atoms with Gasteiger partial charge in [-0.1, -0.05) is 30.0 Å². The molecule has 1 aromatic carbocycles. The summed E-state index contributed by atoms with van der Waals surface area (Å²) >= 11 is 1.50. The summed E-state index contributed by atoms with van der Waals surface area (Å²) in [5, 5.41) is 1.62. The molecule has 0 atom stereocenters. The molecule has 0 aliphatic carbocycles. The van der Waals surface area contributed by atoms with Gasteiger partial charge in [0.25, 0.3) is 5.91 Å². The quantitative estimate of drug-likeness (QED) is 0.333. The molecule has 0 saturated heterocycles. The summed E-state index contributed by atoms with van der Waals surface area (Å²) < 4.78 is 7.70. The Morgan fingerprint density at radius 1 is 1.48 bits per heavy atom. The number of nitrogens with zero attached hydrogens (tertiary/aromatic N) is 2. The second-order valence-corrected chi connectivity index (χ2v) is 5.42. The van der Waals surface area contributed by atoms with E-state index in [4.69, 9.17) is 10.3 Å². The molecule has 0 spiro atoms. The second-order valence-electron chi connectivity index (χ2n) is 4.48. The number of hydrogen-bond acceptors (Lipinski definition) is 5. The summed E-state index contributed by atoms with van der Waals surface area (Å²) in [6.45, 7) is 0. The number of nitrogen functional groups attached to an aromatic ring is 1. The van der Waals surface area contributed by atoms with Crippen LogP contribution in [0.15, 0.2) is 46.2 Å². The van der Waals surface area contributed by atoms with Crippen LogP contribution in [0.1, 0.15) is 16.1 Å². The van der Waals surface area contributed by atoms with E-state index in [1.807, 2.05) is 42.1 Å². The van der Waals surface area contributed by atoms with Gasteiger partial charge in [-0.05, 0) is 6.07 Å². The van der Waals surface area contributed by atoms with E-state index in [9.17, 15) is 4.79 Å². The summed E-state index contributed by atoms with van der Waals surface area (Å²) in [6, 6.07) is 7.41. The van der Waals surface area contributed by atoms with Crippen LogP contribution < -0.4 is 11.3 Å². The van der Waals surface area contributed by atoms with Crippen molar-refractivity contribution in [3.8, 4) is 0 Å². The Hall–Kier alpha value is -2.25. The second kappa shape index (κ2) is 5.63. The fourth-order valence-electron chi connectivity index (χ4n) is 2.14. The molecule has 7 heteroatoms. The molecule has 0 saturated carbocycles. The van der Waals surface area contributed by atoms with Crippen molar-refractivity contribution in [2.45, 2.75) is 10.9 Å². The molecule has 1 amide bonds. The molecule has 0 radical (unpaired) electrons. The number of hydrogen-bond donors (Lipinski definition) is 2. The zero-order chi connectivity index (χ0) is 14.8. The van der Waals surface area contributed by atoms with Crippen LogP contribution in [0.25, 0.3) is 11.0 Å². The molecule has 0 aliphatic rings. The van der Waals surface area contributed by atoms with Crippen LogP contribution in [0, 0.1) is 0 Å². The fraction of sp³-hybridized carbons (Fsp3) is 0.143. The number of fused-ring (bicyclic) bond motifs is 1. The Balaban J connectivity index is 1.97. The molecule has 3 aromatic rings. The maximum absolute atomic E-state index is 12.0. The van der Waals surface area contributed by atoms with E-state index >= 15 is 0 Å². The van der Waals surface area contributed by atoms with Gasteiger partial charge in [0.15, 0.2) is 5.16 Å². The molecule has 0 aliphatic heterocycles. The Bertz CT molecular complexity index is 793. The number of thioether (sulfide) groups is 1. The van der Waals surface area contributed by atoms with Gasteiger partial charge in [-0.25, -0.2) is 10.8 Å². The Labute approximate surface area is 125 Å². The number of carbonyl (C=O) groups excluding carboxylic acids is 1. The number of nitrogens with two attached hydrogens (primary N) is 1. The first-order valence-corrected chi connectivity index (χ1v) is 7.30. The molecule has 108 valence electrons. The lowest BCUT2D eigenvalue weighted by molar-refractivity contribution is 0.0953. The number of para-hydroxylation sites is 1. The number of rotatable bonds is 4. The molecule has 0 bridgehead atoms. The monoisotopic (exact) mass is 302 g/mol. The van der Waals surface area contributed by atoms with Crippen LogP contribution in [0.2, 0.25) is 0 Å². The van der Waals surface area contributed by atoms with Gasteiger partial charge in [0.2, 0.25) is 0 Å². The van der Waals surface area contributed by atoms with Crippen molar-refractivity contribution in [2.24, 2.45) is 12.9 Å². The maximum Gasteiger partial charge on any atom is 0.269 e. The number of aromatic nitrogens is 2. The highest BCUT2D eigenvalue weighted by Crippen LogP contribution is 2.30. The van der Waals surface area contributed by atoms with Crippen molar-refractivity contribution in [3.05, 3.63) is 48.0 Å². The van der Waals surface area contributed by atoms with Gasteiger partial charge in [-0.3, -0.25) is 10.2 Å². The third-order valence-corrected chi connectivity index (χ3v) is 4.19. The number of amides is 1.